The summed E-state index contributed by atoms with van der Waals surface area (Å²) in [4.78, 5) is 43.7. The Morgan fingerprint density at radius 3 is 1.93 bits per heavy atom. The number of nitrogens with zero attached hydrogens (tertiary/aromatic N) is 2. The molecule has 2 rings (SSSR count). The fourth-order valence-corrected chi connectivity index (χ4v) is 2.06. The SMILES string of the molecule is O=C(COc1ccc([N+](=O)[O-])cc1)NNC(=S)NC(=O)c1ccc([N+](=O)[O-])cc1. The fourth-order valence-electron chi connectivity index (χ4n) is 1.92. The molecule has 2 amide bonds. The predicted molar refractivity (Wildman–Crippen MR) is 103 cm³/mol. The van der Waals surface area contributed by atoms with Crippen LogP contribution in [0, 0.1) is 20.2 Å². The number of non-ortho nitro benzene ring substituents is 2. The zero-order valence-electron chi connectivity index (χ0n) is 14.5. The minimum atomic E-state index is -0.631. The highest BCUT2D eigenvalue weighted by molar-refractivity contribution is 7.80. The topological polar surface area (TPSA) is 166 Å². The number of nitro groups is 2. The summed E-state index contributed by atoms with van der Waals surface area (Å²) in [5.41, 5.74) is 4.35. The lowest BCUT2D eigenvalue weighted by atomic mass is 10.2. The summed E-state index contributed by atoms with van der Waals surface area (Å²) in [5, 5.41) is 23.2. The molecule has 13 heteroatoms. The molecule has 29 heavy (non-hydrogen) atoms. The average molecular weight is 419 g/mol. The molecular weight excluding hydrogens is 406 g/mol. The van der Waals surface area contributed by atoms with Crippen molar-refractivity contribution in [2.75, 3.05) is 6.61 Å². The first kappa shape index (κ1) is 21.2. The minimum absolute atomic E-state index is 0.113. The number of thiocarbonyl (C=S) groups is 1. The second-order valence-corrected chi connectivity index (χ2v) is 5.71. The van der Waals surface area contributed by atoms with Crippen LogP contribution in [-0.2, 0) is 4.79 Å². The molecule has 0 aliphatic carbocycles. The van der Waals surface area contributed by atoms with Gasteiger partial charge in [-0.25, -0.2) is 0 Å². The molecular formula is C16H13N5O7S. The van der Waals surface area contributed by atoms with E-state index in [4.69, 9.17) is 17.0 Å². The summed E-state index contributed by atoms with van der Waals surface area (Å²) in [5.74, 6) is -1.01. The Morgan fingerprint density at radius 2 is 1.41 bits per heavy atom. The first-order chi connectivity index (χ1) is 13.8. The lowest BCUT2D eigenvalue weighted by Crippen LogP contribution is -2.49. The van der Waals surface area contributed by atoms with Crippen molar-refractivity contribution < 1.29 is 24.2 Å². The zero-order valence-corrected chi connectivity index (χ0v) is 15.3. The maximum absolute atomic E-state index is 12.0. The van der Waals surface area contributed by atoms with Gasteiger partial charge >= 0.3 is 0 Å². The van der Waals surface area contributed by atoms with Gasteiger partial charge in [-0.15, -0.1) is 0 Å². The quantitative estimate of drug-likeness (QED) is 0.354. The fraction of sp³-hybridized carbons (Fsp3) is 0.0625. The summed E-state index contributed by atoms with van der Waals surface area (Å²) in [6, 6.07) is 10.00. The highest BCUT2D eigenvalue weighted by Crippen LogP contribution is 2.17. The first-order valence-corrected chi connectivity index (χ1v) is 8.19. The second kappa shape index (κ2) is 9.70. The van der Waals surface area contributed by atoms with E-state index >= 15 is 0 Å². The number of rotatable bonds is 6. The van der Waals surface area contributed by atoms with Crippen molar-refractivity contribution in [3.8, 4) is 5.75 Å². The molecule has 0 spiro atoms. The van der Waals surface area contributed by atoms with E-state index in [0.717, 1.165) is 0 Å². The van der Waals surface area contributed by atoms with E-state index in [0.29, 0.717) is 0 Å². The lowest BCUT2D eigenvalue weighted by Gasteiger charge is -2.11. The molecule has 0 saturated carbocycles. The van der Waals surface area contributed by atoms with Gasteiger partial charge in [-0.1, -0.05) is 0 Å². The Balaban J connectivity index is 1.74. The molecule has 3 N–H and O–H groups in total. The number of carbonyl (C=O) groups excluding carboxylic acids is 2. The summed E-state index contributed by atoms with van der Waals surface area (Å²) in [7, 11) is 0. The van der Waals surface area contributed by atoms with Crippen molar-refractivity contribution in [1.29, 1.82) is 0 Å². The number of hydrazine groups is 1. The van der Waals surface area contributed by atoms with Gasteiger partial charge in [0.05, 0.1) is 9.85 Å². The summed E-state index contributed by atoms with van der Waals surface area (Å²) in [6.07, 6.45) is 0. The molecule has 0 fully saturated rings. The molecule has 2 aromatic rings. The molecule has 12 nitrogen and oxygen atoms in total. The van der Waals surface area contributed by atoms with Crippen LogP contribution in [0.4, 0.5) is 11.4 Å². The van der Waals surface area contributed by atoms with E-state index in [-0.39, 0.29) is 27.8 Å². The van der Waals surface area contributed by atoms with Gasteiger partial charge in [0.2, 0.25) is 0 Å². The highest BCUT2D eigenvalue weighted by Gasteiger charge is 2.11. The van der Waals surface area contributed by atoms with Crippen molar-refractivity contribution in [2.24, 2.45) is 0 Å². The Hall–Kier alpha value is -4.13. The molecule has 0 saturated heterocycles. The van der Waals surface area contributed by atoms with Gasteiger partial charge in [0.15, 0.2) is 11.7 Å². The third kappa shape index (κ3) is 6.51. The van der Waals surface area contributed by atoms with Crippen molar-refractivity contribution in [1.82, 2.24) is 16.2 Å². The van der Waals surface area contributed by atoms with Gasteiger partial charge in [-0.2, -0.15) is 0 Å². The molecule has 0 heterocycles. The van der Waals surface area contributed by atoms with Crippen LogP contribution < -0.4 is 20.9 Å². The van der Waals surface area contributed by atoms with Gasteiger partial charge in [0, 0.05) is 29.8 Å². The zero-order chi connectivity index (χ0) is 21.4. The Kier molecular flexibility index (Phi) is 7.08. The number of hydrogen-bond donors (Lipinski definition) is 3. The Morgan fingerprint density at radius 1 is 0.897 bits per heavy atom. The van der Waals surface area contributed by atoms with Crippen molar-refractivity contribution in [3.63, 3.8) is 0 Å². The molecule has 0 unspecified atom stereocenters. The van der Waals surface area contributed by atoms with Crippen LogP contribution >= 0.6 is 12.2 Å². The van der Waals surface area contributed by atoms with Crippen LogP contribution in [0.1, 0.15) is 10.4 Å². The average Bonchev–Trinajstić information content (AvgIpc) is 2.71. The predicted octanol–water partition coefficient (Wildman–Crippen LogP) is 1.22. The number of benzene rings is 2. The van der Waals surface area contributed by atoms with E-state index in [9.17, 15) is 29.8 Å². The third-order valence-corrected chi connectivity index (χ3v) is 3.50. The second-order valence-electron chi connectivity index (χ2n) is 5.30. The van der Waals surface area contributed by atoms with E-state index in [2.05, 4.69) is 16.2 Å². The summed E-state index contributed by atoms with van der Waals surface area (Å²) >= 11 is 4.86. The van der Waals surface area contributed by atoms with Crippen LogP contribution in [0.5, 0.6) is 5.75 Å². The Labute approximate surface area is 168 Å². The van der Waals surface area contributed by atoms with Gasteiger partial charge in [-0.3, -0.25) is 46.0 Å². The van der Waals surface area contributed by atoms with E-state index in [1.54, 1.807) is 0 Å². The van der Waals surface area contributed by atoms with Crippen LogP contribution in [0.2, 0.25) is 0 Å². The molecule has 0 bridgehead atoms. The van der Waals surface area contributed by atoms with Crippen LogP contribution in [-0.4, -0.2) is 33.4 Å². The molecule has 150 valence electrons. The van der Waals surface area contributed by atoms with Gasteiger partial charge in [-0.05, 0) is 36.5 Å². The standard InChI is InChI=1S/C16H13N5O7S/c22-14(9-28-13-7-5-12(6-8-13)21(26)27)18-19-16(29)17-15(23)10-1-3-11(4-2-10)20(24)25/h1-8H,9H2,(H,18,22)(H2,17,19,23,29). The summed E-state index contributed by atoms with van der Waals surface area (Å²) < 4.78 is 5.16. The van der Waals surface area contributed by atoms with Gasteiger partial charge in [0.25, 0.3) is 23.2 Å². The maximum Gasteiger partial charge on any atom is 0.276 e. The van der Waals surface area contributed by atoms with Crippen LogP contribution in [0.25, 0.3) is 0 Å². The monoisotopic (exact) mass is 419 g/mol. The molecule has 0 aromatic heterocycles. The molecule has 0 aliphatic heterocycles. The maximum atomic E-state index is 12.0. The van der Waals surface area contributed by atoms with E-state index < -0.39 is 28.3 Å². The van der Waals surface area contributed by atoms with Crippen molar-refractivity contribution in [3.05, 3.63) is 74.3 Å². The van der Waals surface area contributed by atoms with Crippen molar-refractivity contribution in [2.45, 2.75) is 0 Å². The number of nitro benzene ring substituents is 2. The summed E-state index contributed by atoms with van der Waals surface area (Å²) in [6.45, 7) is -0.413. The molecule has 2 aromatic carbocycles. The largest absolute Gasteiger partial charge is 0.484 e. The molecule has 0 aliphatic rings. The number of hydrogen-bond acceptors (Lipinski definition) is 8. The smallest absolute Gasteiger partial charge is 0.276 e. The lowest BCUT2D eigenvalue weighted by molar-refractivity contribution is -0.385. The van der Waals surface area contributed by atoms with Crippen LogP contribution in [0.3, 0.4) is 0 Å². The molecule has 0 radical (unpaired) electrons. The Bertz CT molecular complexity index is 947. The highest BCUT2D eigenvalue weighted by atomic mass is 32.1. The normalized spacial score (nSPS) is 9.79. The van der Waals surface area contributed by atoms with Crippen LogP contribution in [0.15, 0.2) is 48.5 Å². The number of nitrogens with one attached hydrogen (secondary N) is 3. The number of carbonyl (C=O) groups is 2. The number of ether oxygens (including phenoxy) is 1. The van der Waals surface area contributed by atoms with E-state index in [1.165, 1.54) is 48.5 Å². The molecule has 0 atom stereocenters. The first-order valence-electron chi connectivity index (χ1n) is 7.78. The number of amides is 2. The minimum Gasteiger partial charge on any atom is -0.484 e. The van der Waals surface area contributed by atoms with Gasteiger partial charge < -0.3 is 4.74 Å². The van der Waals surface area contributed by atoms with Gasteiger partial charge in [0.1, 0.15) is 5.75 Å². The third-order valence-electron chi connectivity index (χ3n) is 3.30. The van der Waals surface area contributed by atoms with E-state index in [1.807, 2.05) is 0 Å². The van der Waals surface area contributed by atoms with Crippen molar-refractivity contribution >= 4 is 40.5 Å².